The lowest BCUT2D eigenvalue weighted by molar-refractivity contribution is -0.168. The Balaban J connectivity index is 1.96. The fraction of sp³-hybridized carbons (Fsp3) is 0.333. The van der Waals surface area contributed by atoms with E-state index in [0.717, 1.165) is 25.7 Å². The van der Waals surface area contributed by atoms with E-state index in [1.54, 1.807) is 18.2 Å². The van der Waals surface area contributed by atoms with Gasteiger partial charge in [-0.3, -0.25) is 28.8 Å². The van der Waals surface area contributed by atoms with Gasteiger partial charge in [0.1, 0.15) is 18.8 Å². The first-order valence-electron chi connectivity index (χ1n) is 15.0. The van der Waals surface area contributed by atoms with Gasteiger partial charge in [0, 0.05) is 49.9 Å². The predicted octanol–water partition coefficient (Wildman–Crippen LogP) is 1.89. The summed E-state index contributed by atoms with van der Waals surface area (Å²) in [4.78, 5) is 98.7. The molecule has 0 aliphatic heterocycles. The van der Waals surface area contributed by atoms with Crippen molar-refractivity contribution >= 4 is 64.3 Å². The molecule has 0 bridgehead atoms. The smallest absolute Gasteiger partial charge is 0.347 e. The number of carbonyl (C=O) groups excluding carboxylic acids is 8. The summed E-state index contributed by atoms with van der Waals surface area (Å²) >= 11 is 0. The maximum atomic E-state index is 12.7. The summed E-state index contributed by atoms with van der Waals surface area (Å²) in [7, 11) is 0. The quantitative estimate of drug-likeness (QED) is 0.112. The number of ether oxygens (including phenoxy) is 9. The lowest BCUT2D eigenvalue weighted by atomic mass is 10.1. The lowest BCUT2D eigenvalue weighted by Crippen LogP contribution is -2.37. The minimum absolute atomic E-state index is 0.0593. The molecule has 3 rings (SSSR count). The summed E-state index contributed by atoms with van der Waals surface area (Å²) in [5, 5.41) is 0.680. The van der Waals surface area contributed by atoms with E-state index in [2.05, 4.69) is 23.9 Å². The van der Waals surface area contributed by atoms with Crippen molar-refractivity contribution in [3.8, 4) is 17.0 Å². The molecule has 0 radical (unpaired) electrons. The van der Waals surface area contributed by atoms with Crippen molar-refractivity contribution in [2.45, 2.75) is 27.7 Å². The van der Waals surface area contributed by atoms with Gasteiger partial charge in [-0.15, -0.1) is 0 Å². The maximum absolute atomic E-state index is 12.7. The first kappa shape index (κ1) is 39.8. The molecule has 0 atom stereocenters. The average Bonchev–Trinajstić information content (AvgIpc) is 3.50. The van der Waals surface area contributed by atoms with Crippen LogP contribution in [0.1, 0.15) is 38.1 Å². The van der Waals surface area contributed by atoms with E-state index < -0.39 is 94.6 Å². The SMILES string of the molecule is CC(=O)OCOC(=O)COc1cc(-c2cc3ccc(C(=O)OCOC(C)=O)cc3[nH]2)ccc1N(CC(=O)OCOC(C)=O)CC(=O)OCOC(C)=O. The minimum atomic E-state index is -0.942. The van der Waals surface area contributed by atoms with Gasteiger partial charge in [-0.2, -0.15) is 0 Å². The molecule has 1 N–H and O–H groups in total. The van der Waals surface area contributed by atoms with Gasteiger partial charge in [0.15, 0.2) is 6.61 Å². The Hall–Kier alpha value is -6.66. The van der Waals surface area contributed by atoms with E-state index in [1.807, 2.05) is 0 Å². The molecule has 0 saturated heterocycles. The third-order valence-electron chi connectivity index (χ3n) is 6.35. The van der Waals surface area contributed by atoms with Crippen molar-refractivity contribution in [2.24, 2.45) is 0 Å². The molecule has 0 spiro atoms. The van der Waals surface area contributed by atoms with Crippen LogP contribution in [0.15, 0.2) is 42.5 Å². The number of carbonyl (C=O) groups is 8. The van der Waals surface area contributed by atoms with Gasteiger partial charge in [0.25, 0.3) is 0 Å². The molecule has 0 aliphatic rings. The number of benzene rings is 2. The van der Waals surface area contributed by atoms with Gasteiger partial charge < -0.3 is 52.5 Å². The molecule has 1 heterocycles. The van der Waals surface area contributed by atoms with E-state index in [-0.39, 0.29) is 17.0 Å². The van der Waals surface area contributed by atoms with Crippen LogP contribution in [0.2, 0.25) is 0 Å². The highest BCUT2D eigenvalue weighted by Crippen LogP contribution is 2.35. The van der Waals surface area contributed by atoms with Crippen LogP contribution < -0.4 is 9.64 Å². The minimum Gasteiger partial charge on any atom is -0.480 e. The Kier molecular flexibility index (Phi) is 14.9. The van der Waals surface area contributed by atoms with Crippen molar-refractivity contribution < 1.29 is 81.0 Å². The molecule has 278 valence electrons. The molecule has 1 aromatic heterocycles. The summed E-state index contributed by atoms with van der Waals surface area (Å²) in [6.45, 7) is -0.111. The fourth-order valence-electron chi connectivity index (χ4n) is 4.06. The van der Waals surface area contributed by atoms with E-state index in [9.17, 15) is 38.4 Å². The van der Waals surface area contributed by atoms with Gasteiger partial charge in [-0.25, -0.2) is 9.59 Å². The van der Waals surface area contributed by atoms with E-state index in [1.165, 1.54) is 31.2 Å². The third-order valence-corrected chi connectivity index (χ3v) is 6.35. The number of nitrogens with zero attached hydrogens (tertiary/aromatic N) is 1. The molecule has 0 fully saturated rings. The monoisotopic (exact) mass is 730 g/mol. The van der Waals surface area contributed by atoms with Gasteiger partial charge in [-0.05, 0) is 30.3 Å². The van der Waals surface area contributed by atoms with Gasteiger partial charge >= 0.3 is 47.8 Å². The number of hydrogen-bond acceptors (Lipinski definition) is 18. The van der Waals surface area contributed by atoms with Crippen LogP contribution in [0, 0.1) is 0 Å². The number of aromatic amines is 1. The number of aromatic nitrogens is 1. The van der Waals surface area contributed by atoms with Crippen molar-refractivity contribution in [2.75, 3.05) is 51.8 Å². The number of H-pyrrole nitrogens is 1. The zero-order valence-corrected chi connectivity index (χ0v) is 28.4. The number of fused-ring (bicyclic) bond motifs is 1. The molecule has 2 aromatic carbocycles. The number of rotatable bonds is 18. The molecule has 0 amide bonds. The number of nitrogens with one attached hydrogen (secondary N) is 1. The Morgan fingerprint density at radius 1 is 0.577 bits per heavy atom. The molecule has 0 saturated carbocycles. The highest BCUT2D eigenvalue weighted by atomic mass is 16.7. The predicted molar refractivity (Wildman–Crippen MR) is 172 cm³/mol. The van der Waals surface area contributed by atoms with Crippen molar-refractivity contribution in [1.82, 2.24) is 4.98 Å². The Morgan fingerprint density at radius 2 is 1.10 bits per heavy atom. The van der Waals surface area contributed by atoms with Crippen LogP contribution in [-0.4, -0.2) is 99.6 Å². The van der Waals surface area contributed by atoms with Crippen molar-refractivity contribution in [3.63, 3.8) is 0 Å². The zero-order valence-electron chi connectivity index (χ0n) is 28.4. The number of esters is 8. The Labute approximate surface area is 294 Å². The zero-order chi connectivity index (χ0) is 38.2. The first-order chi connectivity index (χ1) is 24.7. The molecular formula is C33H34N2O17. The Morgan fingerprint density at radius 3 is 1.63 bits per heavy atom. The van der Waals surface area contributed by atoms with E-state index >= 15 is 0 Å². The van der Waals surface area contributed by atoms with Crippen molar-refractivity contribution in [3.05, 3.63) is 48.0 Å². The molecule has 3 aromatic rings. The molecule has 0 aliphatic carbocycles. The average molecular weight is 731 g/mol. The Bertz CT molecular complexity index is 1780. The lowest BCUT2D eigenvalue weighted by Gasteiger charge is -2.25. The summed E-state index contributed by atoms with van der Waals surface area (Å²) < 4.78 is 43.9. The van der Waals surface area contributed by atoms with Crippen LogP contribution in [0.4, 0.5) is 5.69 Å². The van der Waals surface area contributed by atoms with E-state index in [0.29, 0.717) is 22.2 Å². The second kappa shape index (κ2) is 19.5. The van der Waals surface area contributed by atoms with Gasteiger partial charge in [0.2, 0.25) is 27.2 Å². The van der Waals surface area contributed by atoms with Crippen LogP contribution in [0.25, 0.3) is 22.2 Å². The van der Waals surface area contributed by atoms with E-state index in [4.69, 9.17) is 23.7 Å². The van der Waals surface area contributed by atoms with Crippen LogP contribution in [0.3, 0.4) is 0 Å². The number of hydrogen-bond donors (Lipinski definition) is 1. The first-order valence-corrected chi connectivity index (χ1v) is 15.0. The molecule has 52 heavy (non-hydrogen) atoms. The second-order valence-electron chi connectivity index (χ2n) is 10.3. The summed E-state index contributed by atoms with van der Waals surface area (Å²) in [6.07, 6.45) is 0. The third kappa shape index (κ3) is 13.3. The van der Waals surface area contributed by atoms with Gasteiger partial charge in [-0.1, -0.05) is 12.1 Å². The highest BCUT2D eigenvalue weighted by molar-refractivity contribution is 5.96. The van der Waals surface area contributed by atoms with Crippen molar-refractivity contribution in [1.29, 1.82) is 0 Å². The summed E-state index contributed by atoms with van der Waals surface area (Å²) in [6, 6.07) is 10.9. The number of anilines is 1. The summed E-state index contributed by atoms with van der Waals surface area (Å²) in [5.74, 6) is -6.35. The largest absolute Gasteiger partial charge is 0.480 e. The van der Waals surface area contributed by atoms with Crippen LogP contribution in [0.5, 0.6) is 5.75 Å². The standard InChI is InChI=1S/C33H34N2O17/c1-19(36)45-15-49-30(40)12-35(13-31(41)50-16-46-20(2)37)28-8-7-24(11-29(28)44-14-32(42)51-17-47-21(3)38)26-9-23-5-6-25(10-27(23)34-26)33(43)52-18-48-22(4)39/h5-11,34H,12-18H2,1-4H3. The van der Waals surface area contributed by atoms with Crippen LogP contribution >= 0.6 is 0 Å². The maximum Gasteiger partial charge on any atom is 0.347 e. The normalized spacial score (nSPS) is 10.3. The van der Waals surface area contributed by atoms with Crippen LogP contribution in [-0.2, 0) is 71.5 Å². The molecule has 19 nitrogen and oxygen atoms in total. The molecule has 0 unspecified atom stereocenters. The topological polar surface area (TPSA) is 239 Å². The fourth-order valence-corrected chi connectivity index (χ4v) is 4.06. The summed E-state index contributed by atoms with van der Waals surface area (Å²) in [5.41, 5.74) is 1.72. The second-order valence-corrected chi connectivity index (χ2v) is 10.3. The molecule has 19 heteroatoms. The highest BCUT2D eigenvalue weighted by Gasteiger charge is 2.23. The van der Waals surface area contributed by atoms with Gasteiger partial charge in [0.05, 0.1) is 11.3 Å². The molecular weight excluding hydrogens is 696 g/mol.